The molecule has 3 aromatic rings. The molecule has 0 bridgehead atoms. The van der Waals surface area contributed by atoms with Gasteiger partial charge in [-0.3, -0.25) is 4.99 Å². The van der Waals surface area contributed by atoms with E-state index >= 15 is 0 Å². The number of aryl methyl sites for hydroxylation is 1. The lowest BCUT2D eigenvalue weighted by Gasteiger charge is -2.13. The zero-order valence-corrected chi connectivity index (χ0v) is 21.0. The molecule has 9 heteroatoms. The number of sulfone groups is 1. The summed E-state index contributed by atoms with van der Waals surface area (Å²) in [6.07, 6.45) is 6.75. The lowest BCUT2D eigenvalue weighted by Crippen LogP contribution is -2.36. The molecule has 1 heterocycles. The Morgan fingerprint density at radius 2 is 1.65 bits per heavy atom. The Bertz CT molecular complexity index is 1110. The molecule has 0 unspecified atom stereocenters. The summed E-state index contributed by atoms with van der Waals surface area (Å²) in [5.74, 6) is 0.683. The number of nitrogens with zero attached hydrogens (tertiary/aromatic N) is 3. The van der Waals surface area contributed by atoms with Gasteiger partial charge in [0.05, 0.1) is 11.2 Å². The molecule has 31 heavy (non-hydrogen) atoms. The third-order valence-corrected chi connectivity index (χ3v) is 5.99. The van der Waals surface area contributed by atoms with Crippen molar-refractivity contribution in [2.75, 3.05) is 13.3 Å². The zero-order valence-electron chi connectivity index (χ0n) is 17.9. The number of halogens is 1. The minimum Gasteiger partial charge on any atom is -0.352 e. The molecule has 0 aliphatic carbocycles. The van der Waals surface area contributed by atoms with Crippen molar-refractivity contribution in [2.45, 2.75) is 31.5 Å². The highest BCUT2D eigenvalue weighted by Gasteiger charge is 2.11. The number of hydrogen-bond acceptors (Lipinski definition) is 4. The van der Waals surface area contributed by atoms with Crippen molar-refractivity contribution in [3.05, 3.63) is 83.4 Å². The van der Waals surface area contributed by atoms with Gasteiger partial charge in [-0.25, -0.2) is 13.4 Å². The Morgan fingerprint density at radius 1 is 1.03 bits per heavy atom. The molecule has 0 aliphatic heterocycles. The van der Waals surface area contributed by atoms with Crippen molar-refractivity contribution in [2.24, 2.45) is 4.99 Å². The molecule has 0 aliphatic rings. The van der Waals surface area contributed by atoms with Gasteiger partial charge in [0.2, 0.25) is 0 Å². The van der Waals surface area contributed by atoms with E-state index in [2.05, 4.69) is 44.9 Å². The first-order valence-electron chi connectivity index (χ1n) is 9.63. The largest absolute Gasteiger partial charge is 0.352 e. The average Bonchev–Trinajstić information content (AvgIpc) is 3.21. The zero-order chi connectivity index (χ0) is 21.6. The van der Waals surface area contributed by atoms with Crippen molar-refractivity contribution < 1.29 is 8.42 Å². The fraction of sp³-hybridized carbons (Fsp3) is 0.273. The van der Waals surface area contributed by atoms with Crippen molar-refractivity contribution in [1.82, 2.24) is 20.2 Å². The van der Waals surface area contributed by atoms with Crippen LogP contribution in [0.2, 0.25) is 0 Å². The number of hydrogen-bond donors (Lipinski definition) is 2. The highest BCUT2D eigenvalue weighted by atomic mass is 127. The van der Waals surface area contributed by atoms with Gasteiger partial charge < -0.3 is 15.2 Å². The Hall–Kier alpha value is -2.40. The summed E-state index contributed by atoms with van der Waals surface area (Å²) >= 11 is 0. The fourth-order valence-corrected chi connectivity index (χ4v) is 4.14. The Labute approximate surface area is 201 Å². The first-order valence-corrected chi connectivity index (χ1v) is 11.5. The maximum atomic E-state index is 11.7. The van der Waals surface area contributed by atoms with Gasteiger partial charge in [-0.1, -0.05) is 36.4 Å². The molecule has 0 amide bonds. The molecule has 3 rings (SSSR count). The topological polar surface area (TPSA) is 88.4 Å². The first kappa shape index (κ1) is 24.9. The third-order valence-electron chi connectivity index (χ3n) is 4.73. The van der Waals surface area contributed by atoms with E-state index in [1.807, 2.05) is 29.8 Å². The van der Waals surface area contributed by atoms with Gasteiger partial charge in [-0.05, 0) is 35.2 Å². The number of benzene rings is 2. The van der Waals surface area contributed by atoms with Crippen LogP contribution in [-0.4, -0.2) is 37.2 Å². The van der Waals surface area contributed by atoms with E-state index in [1.165, 1.54) is 11.8 Å². The van der Waals surface area contributed by atoms with Crippen LogP contribution in [0, 0.1) is 6.92 Å². The van der Waals surface area contributed by atoms with E-state index in [-0.39, 0.29) is 24.0 Å². The van der Waals surface area contributed by atoms with Crippen LogP contribution in [0.15, 0.2) is 71.1 Å². The quantitative estimate of drug-likeness (QED) is 0.267. The van der Waals surface area contributed by atoms with E-state index in [4.69, 9.17) is 0 Å². The summed E-state index contributed by atoms with van der Waals surface area (Å²) in [6, 6.07) is 13.8. The Kier molecular flexibility index (Phi) is 9.05. The van der Waals surface area contributed by atoms with Gasteiger partial charge in [-0.15, -0.1) is 24.0 Å². The number of rotatable bonds is 7. The van der Waals surface area contributed by atoms with E-state index < -0.39 is 9.84 Å². The average molecular weight is 553 g/mol. The van der Waals surface area contributed by atoms with Gasteiger partial charge in [-0.2, -0.15) is 0 Å². The Morgan fingerprint density at radius 3 is 2.19 bits per heavy atom. The van der Waals surface area contributed by atoms with Crippen molar-refractivity contribution in [1.29, 1.82) is 0 Å². The summed E-state index contributed by atoms with van der Waals surface area (Å²) in [4.78, 5) is 8.68. The minimum atomic E-state index is -3.20. The van der Waals surface area contributed by atoms with Crippen molar-refractivity contribution >= 4 is 39.8 Å². The van der Waals surface area contributed by atoms with E-state index in [1.54, 1.807) is 25.6 Å². The summed E-state index contributed by atoms with van der Waals surface area (Å²) in [7, 11) is -1.48. The van der Waals surface area contributed by atoms with Crippen molar-refractivity contribution in [3.8, 4) is 0 Å². The molecule has 0 atom stereocenters. The molecule has 0 spiro atoms. The van der Waals surface area contributed by atoms with Gasteiger partial charge in [0, 0.05) is 45.3 Å². The molecule has 166 valence electrons. The minimum absolute atomic E-state index is 0. The molecule has 2 N–H and O–H groups in total. The SMILES string of the molecule is CN=C(NCc1ccc(Cn2ccnc2)cc1)NCc1ccc(S(C)(=O)=O)c(C)c1.I. The molecule has 2 aromatic carbocycles. The highest BCUT2D eigenvalue weighted by Crippen LogP contribution is 2.16. The Balaban J connectivity index is 0.00000341. The van der Waals surface area contributed by atoms with Crippen LogP contribution in [-0.2, 0) is 29.5 Å². The summed E-state index contributed by atoms with van der Waals surface area (Å²) in [5, 5.41) is 6.56. The maximum absolute atomic E-state index is 11.7. The number of aromatic nitrogens is 2. The lowest BCUT2D eigenvalue weighted by molar-refractivity contribution is 0.601. The molecule has 1 aromatic heterocycles. The van der Waals surface area contributed by atoms with Gasteiger partial charge in [0.25, 0.3) is 0 Å². The predicted molar refractivity (Wildman–Crippen MR) is 135 cm³/mol. The van der Waals surface area contributed by atoms with Gasteiger partial charge in [0.15, 0.2) is 15.8 Å². The number of imidazole rings is 1. The van der Waals surface area contributed by atoms with Crippen LogP contribution < -0.4 is 10.6 Å². The highest BCUT2D eigenvalue weighted by molar-refractivity contribution is 14.0. The van der Waals surface area contributed by atoms with Crippen LogP contribution in [0.1, 0.15) is 22.3 Å². The number of nitrogens with one attached hydrogen (secondary N) is 2. The van der Waals surface area contributed by atoms with E-state index in [9.17, 15) is 8.42 Å². The van der Waals surface area contributed by atoms with Crippen molar-refractivity contribution in [3.63, 3.8) is 0 Å². The molecule has 0 saturated heterocycles. The van der Waals surface area contributed by atoms with Crippen LogP contribution in [0.25, 0.3) is 0 Å². The predicted octanol–water partition coefficient (Wildman–Crippen LogP) is 3.13. The van der Waals surface area contributed by atoms with Crippen LogP contribution in [0.3, 0.4) is 0 Å². The molecule has 0 saturated carbocycles. The monoisotopic (exact) mass is 553 g/mol. The van der Waals surface area contributed by atoms with Crippen LogP contribution in [0.4, 0.5) is 0 Å². The second-order valence-corrected chi connectivity index (χ2v) is 9.19. The maximum Gasteiger partial charge on any atom is 0.191 e. The van der Waals surface area contributed by atoms with Gasteiger partial charge in [0.1, 0.15) is 0 Å². The van der Waals surface area contributed by atoms with Crippen LogP contribution in [0.5, 0.6) is 0 Å². The lowest BCUT2D eigenvalue weighted by atomic mass is 10.1. The van der Waals surface area contributed by atoms with E-state index in [0.29, 0.717) is 23.9 Å². The van der Waals surface area contributed by atoms with Gasteiger partial charge >= 0.3 is 0 Å². The fourth-order valence-electron chi connectivity index (χ4n) is 3.18. The number of aliphatic imine (C=N–C) groups is 1. The molecular weight excluding hydrogens is 525 g/mol. The second kappa shape index (κ2) is 11.3. The van der Waals surface area contributed by atoms with Crippen LogP contribution >= 0.6 is 24.0 Å². The summed E-state index contributed by atoms with van der Waals surface area (Å²) in [5.41, 5.74) is 4.11. The molecule has 7 nitrogen and oxygen atoms in total. The first-order chi connectivity index (χ1) is 14.3. The summed E-state index contributed by atoms with van der Waals surface area (Å²) < 4.78 is 25.5. The standard InChI is InChI=1S/C22H27N5O2S.HI/c1-17-12-20(8-9-21(17)30(3,28)29)14-26-22(23-2)25-13-18-4-6-19(7-5-18)15-27-11-10-24-16-27;/h4-12,16H,13-15H2,1-3H3,(H2,23,25,26);1H. The summed E-state index contributed by atoms with van der Waals surface area (Å²) in [6.45, 7) is 3.81. The molecular formula is C22H28IN5O2S. The number of guanidine groups is 1. The smallest absolute Gasteiger partial charge is 0.191 e. The normalized spacial score (nSPS) is 11.6. The third kappa shape index (κ3) is 7.35. The molecule has 0 fully saturated rings. The van der Waals surface area contributed by atoms with E-state index in [0.717, 1.165) is 23.2 Å². The second-order valence-electron chi connectivity index (χ2n) is 7.20. The molecule has 0 radical (unpaired) electrons.